The van der Waals surface area contributed by atoms with E-state index in [0.29, 0.717) is 0 Å². The van der Waals surface area contributed by atoms with Crippen LogP contribution in [0.15, 0.2) is 48.8 Å². The van der Waals surface area contributed by atoms with Gasteiger partial charge in [0, 0.05) is 51.7 Å². The second kappa shape index (κ2) is 7.60. The van der Waals surface area contributed by atoms with Gasteiger partial charge in [-0.05, 0) is 37.1 Å². The normalized spacial score (nSPS) is 21.4. The number of nitrogens with zero attached hydrogens (tertiary/aromatic N) is 4. The summed E-state index contributed by atoms with van der Waals surface area (Å²) in [5.41, 5.74) is 2.32. The molecule has 2 aromatic heterocycles. The first kappa shape index (κ1) is 16.6. The van der Waals surface area contributed by atoms with E-state index < -0.39 is 0 Å². The molecule has 0 unspecified atom stereocenters. The quantitative estimate of drug-likeness (QED) is 0.856. The Bertz CT molecular complexity index is 656. The zero-order valence-electron chi connectivity index (χ0n) is 14.7. The van der Waals surface area contributed by atoms with Crippen molar-refractivity contribution in [3.05, 3.63) is 60.2 Å². The smallest absolute Gasteiger partial charge is 0.0833 e. The monoisotopic (exact) mass is 338 g/mol. The zero-order valence-corrected chi connectivity index (χ0v) is 14.7. The molecule has 0 saturated carbocycles. The molecule has 5 nitrogen and oxygen atoms in total. The van der Waals surface area contributed by atoms with Gasteiger partial charge in [-0.25, -0.2) is 0 Å². The molecule has 2 fully saturated rings. The Kier molecular flexibility index (Phi) is 5.06. The number of rotatable bonds is 4. The second-order valence-electron chi connectivity index (χ2n) is 7.16. The summed E-state index contributed by atoms with van der Waals surface area (Å²) < 4.78 is 6.27. The number of aromatic nitrogens is 2. The fourth-order valence-electron chi connectivity index (χ4n) is 3.92. The van der Waals surface area contributed by atoms with Crippen LogP contribution in [0.4, 0.5) is 0 Å². The molecular formula is C20H26N4O. The highest BCUT2D eigenvalue weighted by molar-refractivity contribution is 5.05. The molecule has 2 aliphatic heterocycles. The molecule has 1 spiro atoms. The summed E-state index contributed by atoms with van der Waals surface area (Å²) in [7, 11) is 0. The van der Waals surface area contributed by atoms with Crippen molar-refractivity contribution in [2.75, 3.05) is 32.8 Å². The van der Waals surface area contributed by atoms with Crippen molar-refractivity contribution < 1.29 is 4.74 Å². The molecule has 4 heterocycles. The molecule has 4 rings (SSSR count). The first-order valence-corrected chi connectivity index (χ1v) is 9.20. The van der Waals surface area contributed by atoms with Crippen molar-refractivity contribution in [1.82, 2.24) is 19.8 Å². The first-order valence-electron chi connectivity index (χ1n) is 9.20. The van der Waals surface area contributed by atoms with Gasteiger partial charge in [0.2, 0.25) is 0 Å². The van der Waals surface area contributed by atoms with Gasteiger partial charge in [-0.15, -0.1) is 0 Å². The van der Waals surface area contributed by atoms with Crippen molar-refractivity contribution in [2.45, 2.75) is 31.5 Å². The topological polar surface area (TPSA) is 41.5 Å². The van der Waals surface area contributed by atoms with Gasteiger partial charge in [-0.1, -0.05) is 12.1 Å². The fourth-order valence-corrected chi connectivity index (χ4v) is 3.92. The van der Waals surface area contributed by atoms with Gasteiger partial charge in [-0.2, -0.15) is 0 Å². The third kappa shape index (κ3) is 4.24. The standard InChI is InChI=1S/C20H26N4O/c1-3-9-21-18(5-1)15-23-11-7-20(8-12-23)17-24(13-14-25-20)16-19-6-2-4-10-22-19/h1-6,9-10H,7-8,11-17H2. The van der Waals surface area contributed by atoms with Crippen LogP contribution in [0.25, 0.3) is 0 Å². The van der Waals surface area contributed by atoms with E-state index in [0.717, 1.165) is 70.1 Å². The van der Waals surface area contributed by atoms with Gasteiger partial charge in [-0.3, -0.25) is 19.8 Å². The summed E-state index contributed by atoms with van der Waals surface area (Å²) in [6.07, 6.45) is 5.94. The molecule has 0 bridgehead atoms. The Balaban J connectivity index is 1.32. The molecule has 5 heteroatoms. The number of hydrogen-bond acceptors (Lipinski definition) is 5. The van der Waals surface area contributed by atoms with E-state index in [-0.39, 0.29) is 5.60 Å². The van der Waals surface area contributed by atoms with E-state index in [9.17, 15) is 0 Å². The molecule has 0 atom stereocenters. The largest absolute Gasteiger partial charge is 0.372 e. The molecule has 2 aliphatic rings. The van der Waals surface area contributed by atoms with Gasteiger partial charge in [0.1, 0.15) is 0 Å². The number of morpholine rings is 1. The van der Waals surface area contributed by atoms with Crippen molar-refractivity contribution in [3.8, 4) is 0 Å². The highest BCUT2D eigenvalue weighted by atomic mass is 16.5. The minimum absolute atomic E-state index is 0.0215. The predicted octanol–water partition coefficient (Wildman–Crippen LogP) is 2.34. The Hall–Kier alpha value is -1.82. The molecule has 132 valence electrons. The van der Waals surface area contributed by atoms with Crippen molar-refractivity contribution in [3.63, 3.8) is 0 Å². The summed E-state index contributed by atoms with van der Waals surface area (Å²) >= 11 is 0. The summed E-state index contributed by atoms with van der Waals surface area (Å²) in [6, 6.07) is 12.3. The molecular weight excluding hydrogens is 312 g/mol. The van der Waals surface area contributed by atoms with E-state index in [4.69, 9.17) is 4.74 Å². The van der Waals surface area contributed by atoms with Crippen molar-refractivity contribution in [2.24, 2.45) is 0 Å². The van der Waals surface area contributed by atoms with Gasteiger partial charge in [0.25, 0.3) is 0 Å². The highest BCUT2D eigenvalue weighted by Crippen LogP contribution is 2.31. The number of likely N-dealkylation sites (tertiary alicyclic amines) is 1. The number of pyridine rings is 2. The summed E-state index contributed by atoms with van der Waals surface area (Å²) in [6.45, 7) is 6.85. The average molecular weight is 338 g/mol. The Morgan fingerprint density at radius 2 is 1.48 bits per heavy atom. The van der Waals surface area contributed by atoms with Crippen LogP contribution in [0.2, 0.25) is 0 Å². The van der Waals surface area contributed by atoms with Gasteiger partial charge >= 0.3 is 0 Å². The van der Waals surface area contributed by atoms with Gasteiger partial charge in [0.15, 0.2) is 0 Å². The lowest BCUT2D eigenvalue weighted by molar-refractivity contribution is -0.138. The zero-order chi connectivity index (χ0) is 17.0. The molecule has 2 aromatic rings. The molecule has 2 saturated heterocycles. The average Bonchev–Trinajstić information content (AvgIpc) is 2.66. The summed E-state index contributed by atoms with van der Waals surface area (Å²) in [4.78, 5) is 13.9. The van der Waals surface area contributed by atoms with Crippen LogP contribution >= 0.6 is 0 Å². The number of hydrogen-bond donors (Lipinski definition) is 0. The van der Waals surface area contributed by atoms with Crippen LogP contribution in [0.3, 0.4) is 0 Å². The van der Waals surface area contributed by atoms with Crippen molar-refractivity contribution >= 4 is 0 Å². The van der Waals surface area contributed by atoms with E-state index in [1.807, 2.05) is 24.5 Å². The highest BCUT2D eigenvalue weighted by Gasteiger charge is 2.39. The van der Waals surface area contributed by atoms with E-state index in [1.165, 1.54) is 0 Å². The third-order valence-electron chi connectivity index (χ3n) is 5.32. The van der Waals surface area contributed by atoms with Crippen LogP contribution in [0, 0.1) is 0 Å². The van der Waals surface area contributed by atoms with Crippen LogP contribution in [0.1, 0.15) is 24.2 Å². The molecule has 0 aromatic carbocycles. The van der Waals surface area contributed by atoms with E-state index >= 15 is 0 Å². The molecule has 0 amide bonds. The Morgan fingerprint density at radius 1 is 0.840 bits per heavy atom. The second-order valence-corrected chi connectivity index (χ2v) is 7.16. The predicted molar refractivity (Wildman–Crippen MR) is 96.9 cm³/mol. The number of piperidine rings is 1. The lowest BCUT2D eigenvalue weighted by atomic mass is 9.89. The van der Waals surface area contributed by atoms with Gasteiger partial charge < -0.3 is 4.74 Å². The van der Waals surface area contributed by atoms with E-state index in [2.05, 4.69) is 44.0 Å². The van der Waals surface area contributed by atoms with Crippen LogP contribution in [-0.4, -0.2) is 58.2 Å². The maximum absolute atomic E-state index is 6.27. The lowest BCUT2D eigenvalue weighted by Crippen LogP contribution is -2.56. The maximum Gasteiger partial charge on any atom is 0.0833 e. The summed E-state index contributed by atoms with van der Waals surface area (Å²) in [5, 5.41) is 0. The number of ether oxygens (including phenoxy) is 1. The summed E-state index contributed by atoms with van der Waals surface area (Å²) in [5.74, 6) is 0. The molecule has 0 N–H and O–H groups in total. The lowest BCUT2D eigenvalue weighted by Gasteiger charge is -2.47. The van der Waals surface area contributed by atoms with Crippen LogP contribution in [-0.2, 0) is 17.8 Å². The Morgan fingerprint density at radius 3 is 2.08 bits per heavy atom. The van der Waals surface area contributed by atoms with Crippen molar-refractivity contribution in [1.29, 1.82) is 0 Å². The molecule has 0 aliphatic carbocycles. The Labute approximate surface area is 149 Å². The fraction of sp³-hybridized carbons (Fsp3) is 0.500. The first-order chi connectivity index (χ1) is 12.3. The van der Waals surface area contributed by atoms with Gasteiger partial charge in [0.05, 0.1) is 23.6 Å². The minimum atomic E-state index is 0.0215. The van der Waals surface area contributed by atoms with Crippen LogP contribution < -0.4 is 0 Å². The SMILES string of the molecule is c1ccc(CN2CCC3(CC2)CN(Cc2ccccn2)CCO3)nc1. The molecule has 25 heavy (non-hydrogen) atoms. The minimum Gasteiger partial charge on any atom is -0.372 e. The van der Waals surface area contributed by atoms with E-state index in [1.54, 1.807) is 0 Å². The maximum atomic E-state index is 6.27. The molecule has 0 radical (unpaired) electrons. The van der Waals surface area contributed by atoms with Crippen LogP contribution in [0.5, 0.6) is 0 Å². The third-order valence-corrected chi connectivity index (χ3v) is 5.32.